The molecule has 7 heteroatoms. The van der Waals surface area contributed by atoms with E-state index in [9.17, 15) is 0 Å². The summed E-state index contributed by atoms with van der Waals surface area (Å²) in [7, 11) is 5.06. The van der Waals surface area contributed by atoms with Gasteiger partial charge in [0.15, 0.2) is 11.5 Å². The number of nitrogens with one attached hydrogen (secondary N) is 1. The first-order valence-corrected chi connectivity index (χ1v) is 8.53. The third-order valence-corrected chi connectivity index (χ3v) is 5.19. The van der Waals surface area contributed by atoms with Gasteiger partial charge in [0.1, 0.15) is 0 Å². The van der Waals surface area contributed by atoms with Gasteiger partial charge >= 0.3 is 0 Å². The summed E-state index contributed by atoms with van der Waals surface area (Å²) in [6.45, 7) is 4.27. The molecule has 1 aromatic rings. The SMILES string of the molecule is COc1ccc([C@H](C2CCC2)N2CCNCC2)c(OC)c1OC.Cl.Cl. The van der Waals surface area contributed by atoms with Gasteiger partial charge in [-0.1, -0.05) is 6.42 Å². The normalized spacial score (nSPS) is 19.0. The van der Waals surface area contributed by atoms with E-state index < -0.39 is 0 Å². The molecule has 1 aromatic carbocycles. The number of piperazine rings is 1. The lowest BCUT2D eigenvalue weighted by molar-refractivity contribution is 0.0814. The van der Waals surface area contributed by atoms with E-state index in [1.54, 1.807) is 21.3 Å². The maximum absolute atomic E-state index is 5.75. The summed E-state index contributed by atoms with van der Waals surface area (Å²) in [5, 5.41) is 3.45. The van der Waals surface area contributed by atoms with Crippen molar-refractivity contribution in [2.45, 2.75) is 25.3 Å². The Labute approximate surface area is 163 Å². The molecular formula is C18H30Cl2N2O3. The quantitative estimate of drug-likeness (QED) is 0.804. The first-order chi connectivity index (χ1) is 11.3. The van der Waals surface area contributed by atoms with Gasteiger partial charge in [-0.2, -0.15) is 0 Å². The average molecular weight is 393 g/mol. The fourth-order valence-corrected chi connectivity index (χ4v) is 3.82. The lowest BCUT2D eigenvalue weighted by Crippen LogP contribution is -2.47. The van der Waals surface area contributed by atoms with E-state index in [4.69, 9.17) is 14.2 Å². The molecule has 1 aliphatic heterocycles. The molecule has 0 radical (unpaired) electrons. The van der Waals surface area contributed by atoms with Gasteiger partial charge in [0.2, 0.25) is 5.75 Å². The van der Waals surface area contributed by atoms with Crippen LogP contribution in [-0.4, -0.2) is 52.4 Å². The number of hydrogen-bond acceptors (Lipinski definition) is 5. The third-order valence-electron chi connectivity index (χ3n) is 5.19. The first-order valence-electron chi connectivity index (χ1n) is 8.53. The zero-order valence-corrected chi connectivity index (χ0v) is 16.9. The lowest BCUT2D eigenvalue weighted by atomic mass is 9.76. The van der Waals surface area contributed by atoms with E-state index in [1.807, 2.05) is 6.07 Å². The van der Waals surface area contributed by atoms with Crippen molar-refractivity contribution in [1.29, 1.82) is 0 Å². The molecule has 0 spiro atoms. The van der Waals surface area contributed by atoms with Gasteiger partial charge in [-0.25, -0.2) is 0 Å². The van der Waals surface area contributed by atoms with Crippen LogP contribution in [0.15, 0.2) is 12.1 Å². The van der Waals surface area contributed by atoms with E-state index in [2.05, 4.69) is 16.3 Å². The van der Waals surface area contributed by atoms with Crippen LogP contribution in [0.3, 0.4) is 0 Å². The van der Waals surface area contributed by atoms with Gasteiger partial charge in [-0.3, -0.25) is 4.90 Å². The summed E-state index contributed by atoms with van der Waals surface area (Å²) in [5.41, 5.74) is 1.23. The number of ether oxygens (including phenoxy) is 3. The summed E-state index contributed by atoms with van der Waals surface area (Å²) in [4.78, 5) is 2.60. The van der Waals surface area contributed by atoms with Crippen molar-refractivity contribution in [3.8, 4) is 17.2 Å². The second-order valence-electron chi connectivity index (χ2n) is 6.35. The van der Waals surface area contributed by atoms with Crippen molar-refractivity contribution in [1.82, 2.24) is 10.2 Å². The molecule has 0 amide bonds. The highest BCUT2D eigenvalue weighted by atomic mass is 35.5. The molecule has 1 aliphatic carbocycles. The predicted molar refractivity (Wildman–Crippen MR) is 105 cm³/mol. The van der Waals surface area contributed by atoms with E-state index in [0.29, 0.717) is 17.7 Å². The van der Waals surface area contributed by atoms with E-state index in [0.717, 1.165) is 37.7 Å². The second-order valence-corrected chi connectivity index (χ2v) is 6.35. The number of nitrogens with zero attached hydrogens (tertiary/aromatic N) is 1. The molecule has 0 aromatic heterocycles. The standard InChI is InChI=1S/C18H28N2O3.2ClH/c1-21-15-8-7-14(17(22-2)18(15)23-3)16(13-5-4-6-13)20-11-9-19-10-12-20;;/h7-8,13,16,19H,4-6,9-12H2,1-3H3;2*1H/t16-;;/m0../s1. The Kier molecular flexibility index (Phi) is 9.14. The molecule has 0 unspecified atom stereocenters. The third kappa shape index (κ3) is 4.45. The molecule has 2 fully saturated rings. The zero-order valence-electron chi connectivity index (χ0n) is 15.2. The maximum atomic E-state index is 5.75. The van der Waals surface area contributed by atoms with Crippen molar-refractivity contribution in [2.24, 2.45) is 5.92 Å². The van der Waals surface area contributed by atoms with Gasteiger partial charge in [0.25, 0.3) is 0 Å². The van der Waals surface area contributed by atoms with Gasteiger partial charge in [-0.15, -0.1) is 24.8 Å². The Bertz CT molecular complexity index is 535. The fraction of sp³-hybridized carbons (Fsp3) is 0.667. The van der Waals surface area contributed by atoms with Gasteiger partial charge in [0.05, 0.1) is 21.3 Å². The molecule has 144 valence electrons. The molecule has 1 saturated carbocycles. The molecule has 1 heterocycles. The Morgan fingerprint density at radius 2 is 1.60 bits per heavy atom. The van der Waals surface area contributed by atoms with Crippen LogP contribution in [0.5, 0.6) is 17.2 Å². The smallest absolute Gasteiger partial charge is 0.203 e. The van der Waals surface area contributed by atoms with Crippen molar-refractivity contribution < 1.29 is 14.2 Å². The largest absolute Gasteiger partial charge is 0.493 e. The predicted octanol–water partition coefficient (Wildman–Crippen LogP) is 3.30. The Morgan fingerprint density at radius 1 is 0.960 bits per heavy atom. The van der Waals surface area contributed by atoms with E-state index in [-0.39, 0.29) is 24.8 Å². The molecule has 1 saturated heterocycles. The Hall–Kier alpha value is -0.880. The summed E-state index contributed by atoms with van der Waals surface area (Å²) >= 11 is 0. The fourth-order valence-electron chi connectivity index (χ4n) is 3.82. The highest BCUT2D eigenvalue weighted by molar-refractivity contribution is 5.85. The minimum Gasteiger partial charge on any atom is -0.493 e. The van der Waals surface area contributed by atoms with Gasteiger partial charge in [-0.05, 0) is 30.9 Å². The summed E-state index contributed by atoms with van der Waals surface area (Å²) in [5.74, 6) is 2.95. The van der Waals surface area contributed by atoms with E-state index in [1.165, 1.54) is 24.8 Å². The van der Waals surface area contributed by atoms with Crippen LogP contribution in [-0.2, 0) is 0 Å². The van der Waals surface area contributed by atoms with E-state index >= 15 is 0 Å². The van der Waals surface area contributed by atoms with Crippen LogP contribution in [0.4, 0.5) is 0 Å². The molecule has 25 heavy (non-hydrogen) atoms. The highest BCUT2D eigenvalue weighted by Crippen LogP contribution is 2.49. The van der Waals surface area contributed by atoms with Gasteiger partial charge < -0.3 is 19.5 Å². The van der Waals surface area contributed by atoms with Crippen LogP contribution in [0.1, 0.15) is 30.9 Å². The average Bonchev–Trinajstić information content (AvgIpc) is 2.57. The molecule has 0 bridgehead atoms. The van der Waals surface area contributed by atoms with Crippen molar-refractivity contribution in [3.05, 3.63) is 17.7 Å². The van der Waals surface area contributed by atoms with Crippen LogP contribution >= 0.6 is 24.8 Å². The Morgan fingerprint density at radius 3 is 2.08 bits per heavy atom. The monoisotopic (exact) mass is 392 g/mol. The molecule has 1 N–H and O–H groups in total. The van der Waals surface area contributed by atoms with Crippen molar-refractivity contribution in [3.63, 3.8) is 0 Å². The molecular weight excluding hydrogens is 363 g/mol. The van der Waals surface area contributed by atoms with Crippen molar-refractivity contribution >= 4 is 24.8 Å². The first kappa shape index (κ1) is 22.2. The number of benzene rings is 1. The number of hydrogen-bond donors (Lipinski definition) is 1. The second kappa shape index (κ2) is 10.3. The molecule has 5 nitrogen and oxygen atoms in total. The van der Waals surface area contributed by atoms with Crippen LogP contribution in [0, 0.1) is 5.92 Å². The summed E-state index contributed by atoms with van der Waals surface area (Å²) < 4.78 is 16.8. The maximum Gasteiger partial charge on any atom is 0.203 e. The van der Waals surface area contributed by atoms with Crippen LogP contribution in [0.25, 0.3) is 0 Å². The number of methoxy groups -OCH3 is 3. The zero-order chi connectivity index (χ0) is 16.2. The van der Waals surface area contributed by atoms with Crippen LogP contribution in [0.2, 0.25) is 0 Å². The number of rotatable bonds is 6. The summed E-state index contributed by atoms with van der Waals surface area (Å²) in [6.07, 6.45) is 3.93. The molecule has 3 rings (SSSR count). The summed E-state index contributed by atoms with van der Waals surface area (Å²) in [6, 6.07) is 4.57. The topological polar surface area (TPSA) is 43.0 Å². The minimum absolute atomic E-state index is 0. The Balaban J connectivity index is 0.00000156. The van der Waals surface area contributed by atoms with Gasteiger partial charge in [0, 0.05) is 37.8 Å². The number of halogens is 2. The lowest BCUT2D eigenvalue weighted by Gasteiger charge is -2.43. The van der Waals surface area contributed by atoms with Crippen molar-refractivity contribution in [2.75, 3.05) is 47.5 Å². The highest BCUT2D eigenvalue weighted by Gasteiger charge is 2.36. The minimum atomic E-state index is 0. The van der Waals surface area contributed by atoms with Crippen LogP contribution < -0.4 is 19.5 Å². The molecule has 2 aliphatic rings. The molecule has 1 atom stereocenters.